The first kappa shape index (κ1) is 31.9. The minimum absolute atomic E-state index is 0.170. The molecule has 3 aromatic rings. The van der Waals surface area contributed by atoms with Gasteiger partial charge in [-0.3, -0.25) is 0 Å². The molecule has 0 spiro atoms. The Morgan fingerprint density at radius 3 is 2.07 bits per heavy atom. The SMILES string of the molecule is C=CC(=O)OCCCCOc1ccc(C(=O)Oc2ccc(C(=O)Oc3ccc(CCCCCC)cc3)cc2OC)cc1. The fraction of sp³-hybridized carbons (Fsp3) is 0.324. The van der Waals surface area contributed by atoms with E-state index < -0.39 is 17.9 Å². The van der Waals surface area contributed by atoms with Crippen LogP contribution in [0.25, 0.3) is 0 Å². The molecular weight excluding hydrogens is 536 g/mol. The van der Waals surface area contributed by atoms with Gasteiger partial charge in [0, 0.05) is 6.08 Å². The highest BCUT2D eigenvalue weighted by atomic mass is 16.6. The number of carbonyl (C=O) groups is 3. The summed E-state index contributed by atoms with van der Waals surface area (Å²) in [5.41, 5.74) is 1.79. The Balaban J connectivity index is 1.50. The van der Waals surface area contributed by atoms with Crippen LogP contribution >= 0.6 is 0 Å². The highest BCUT2D eigenvalue weighted by Crippen LogP contribution is 2.30. The zero-order valence-electron chi connectivity index (χ0n) is 24.3. The van der Waals surface area contributed by atoms with Crippen molar-refractivity contribution in [2.24, 2.45) is 0 Å². The van der Waals surface area contributed by atoms with Crippen molar-refractivity contribution in [3.05, 3.63) is 96.1 Å². The summed E-state index contributed by atoms with van der Waals surface area (Å²) in [7, 11) is 1.43. The van der Waals surface area contributed by atoms with E-state index in [-0.39, 0.29) is 17.1 Å². The summed E-state index contributed by atoms with van der Waals surface area (Å²) in [6, 6.07) is 18.6. The topological polar surface area (TPSA) is 97.4 Å². The van der Waals surface area contributed by atoms with Crippen LogP contribution in [0.3, 0.4) is 0 Å². The molecule has 0 amide bonds. The van der Waals surface area contributed by atoms with E-state index in [9.17, 15) is 14.4 Å². The largest absolute Gasteiger partial charge is 0.494 e. The molecule has 8 nitrogen and oxygen atoms in total. The van der Waals surface area contributed by atoms with E-state index >= 15 is 0 Å². The maximum Gasteiger partial charge on any atom is 0.343 e. The number of esters is 3. The van der Waals surface area contributed by atoms with Crippen LogP contribution in [0.15, 0.2) is 79.4 Å². The van der Waals surface area contributed by atoms with E-state index in [1.54, 1.807) is 36.4 Å². The molecule has 0 heterocycles. The van der Waals surface area contributed by atoms with Gasteiger partial charge in [0.05, 0.1) is 31.5 Å². The van der Waals surface area contributed by atoms with Crippen molar-refractivity contribution in [3.63, 3.8) is 0 Å². The molecule has 222 valence electrons. The van der Waals surface area contributed by atoms with Gasteiger partial charge in [0.25, 0.3) is 0 Å². The number of methoxy groups -OCH3 is 1. The molecule has 3 rings (SSSR count). The molecule has 0 radical (unpaired) electrons. The van der Waals surface area contributed by atoms with Crippen LogP contribution in [0, 0.1) is 0 Å². The van der Waals surface area contributed by atoms with E-state index in [1.807, 2.05) is 12.1 Å². The third-order valence-electron chi connectivity index (χ3n) is 6.36. The Kier molecular flexibility index (Phi) is 13.1. The van der Waals surface area contributed by atoms with Gasteiger partial charge < -0.3 is 23.7 Å². The highest BCUT2D eigenvalue weighted by molar-refractivity contribution is 5.93. The molecule has 0 saturated carbocycles. The van der Waals surface area contributed by atoms with E-state index in [4.69, 9.17) is 23.7 Å². The van der Waals surface area contributed by atoms with Gasteiger partial charge in [-0.05, 0) is 85.8 Å². The molecule has 8 heteroatoms. The van der Waals surface area contributed by atoms with Crippen molar-refractivity contribution in [1.29, 1.82) is 0 Å². The van der Waals surface area contributed by atoms with Crippen molar-refractivity contribution in [2.75, 3.05) is 20.3 Å². The van der Waals surface area contributed by atoms with Gasteiger partial charge in [-0.25, -0.2) is 14.4 Å². The van der Waals surface area contributed by atoms with E-state index in [0.717, 1.165) is 18.9 Å². The number of aryl methyl sites for hydroxylation is 1. The summed E-state index contributed by atoms with van der Waals surface area (Å²) < 4.78 is 27.0. The standard InChI is InChI=1S/C34H38O8/c1-4-6-7-8-11-25-12-17-29(18-13-25)41-34(37)27-16-21-30(31(24-27)38-3)42-33(36)26-14-19-28(20-15-26)39-22-9-10-23-40-32(35)5-2/h5,12-21,24H,2,4,6-11,22-23H2,1,3H3. The maximum absolute atomic E-state index is 12.7. The van der Waals surface area contributed by atoms with Crippen LogP contribution in [0.1, 0.15) is 71.7 Å². The highest BCUT2D eigenvalue weighted by Gasteiger charge is 2.17. The molecule has 0 aliphatic heterocycles. The van der Waals surface area contributed by atoms with Crippen molar-refractivity contribution in [3.8, 4) is 23.0 Å². The quantitative estimate of drug-likeness (QED) is 0.0726. The molecule has 0 saturated heterocycles. The van der Waals surface area contributed by atoms with Gasteiger partial charge in [0.2, 0.25) is 0 Å². The average Bonchev–Trinajstić information content (AvgIpc) is 3.02. The third-order valence-corrected chi connectivity index (χ3v) is 6.36. The average molecular weight is 575 g/mol. The van der Waals surface area contributed by atoms with Crippen LogP contribution in [0.4, 0.5) is 0 Å². The molecular formula is C34H38O8. The Morgan fingerprint density at radius 1 is 0.714 bits per heavy atom. The van der Waals surface area contributed by atoms with Crippen molar-refractivity contribution in [2.45, 2.75) is 51.9 Å². The van der Waals surface area contributed by atoms with E-state index in [1.165, 1.54) is 50.1 Å². The summed E-state index contributed by atoms with van der Waals surface area (Å²) in [6.07, 6.45) is 8.28. The van der Waals surface area contributed by atoms with Gasteiger partial charge in [-0.1, -0.05) is 44.9 Å². The Hall–Kier alpha value is -4.59. The molecule has 0 aliphatic carbocycles. The normalized spacial score (nSPS) is 10.4. The molecule has 0 N–H and O–H groups in total. The monoisotopic (exact) mass is 574 g/mol. The van der Waals surface area contributed by atoms with Crippen LogP contribution in [0.5, 0.6) is 23.0 Å². The van der Waals surface area contributed by atoms with Crippen molar-refractivity contribution < 1.29 is 38.1 Å². The number of benzene rings is 3. The Morgan fingerprint density at radius 2 is 1.38 bits per heavy atom. The Labute approximate surface area is 247 Å². The molecule has 0 bridgehead atoms. The number of ether oxygens (including phenoxy) is 5. The number of carbonyl (C=O) groups excluding carboxylic acids is 3. The molecule has 3 aromatic carbocycles. The van der Waals surface area contributed by atoms with Gasteiger partial charge in [-0.15, -0.1) is 0 Å². The Bertz CT molecular complexity index is 1310. The second-order valence-electron chi connectivity index (χ2n) is 9.55. The molecule has 0 unspecified atom stereocenters. The van der Waals surface area contributed by atoms with Crippen LogP contribution in [-0.2, 0) is 16.0 Å². The lowest BCUT2D eigenvalue weighted by Crippen LogP contribution is -2.11. The molecule has 0 aliphatic rings. The van der Waals surface area contributed by atoms with Gasteiger partial charge in [-0.2, -0.15) is 0 Å². The summed E-state index contributed by atoms with van der Waals surface area (Å²) in [5, 5.41) is 0. The number of hydrogen-bond donors (Lipinski definition) is 0. The first-order valence-corrected chi connectivity index (χ1v) is 14.2. The van der Waals surface area contributed by atoms with Crippen LogP contribution in [0.2, 0.25) is 0 Å². The first-order valence-electron chi connectivity index (χ1n) is 14.2. The zero-order chi connectivity index (χ0) is 30.2. The number of rotatable bonds is 17. The summed E-state index contributed by atoms with van der Waals surface area (Å²) in [5.74, 6) is -0.142. The lowest BCUT2D eigenvalue weighted by molar-refractivity contribution is -0.137. The summed E-state index contributed by atoms with van der Waals surface area (Å²) >= 11 is 0. The molecule has 0 fully saturated rings. The minimum Gasteiger partial charge on any atom is -0.494 e. The summed E-state index contributed by atoms with van der Waals surface area (Å²) in [6.45, 7) is 6.28. The predicted octanol–water partition coefficient (Wildman–Crippen LogP) is 7.14. The fourth-order valence-electron chi connectivity index (χ4n) is 4.00. The zero-order valence-corrected chi connectivity index (χ0v) is 24.3. The second-order valence-corrected chi connectivity index (χ2v) is 9.55. The summed E-state index contributed by atoms with van der Waals surface area (Å²) in [4.78, 5) is 36.5. The second kappa shape index (κ2) is 17.3. The van der Waals surface area contributed by atoms with Crippen molar-refractivity contribution >= 4 is 17.9 Å². The fourth-order valence-corrected chi connectivity index (χ4v) is 4.00. The molecule has 0 aromatic heterocycles. The first-order chi connectivity index (χ1) is 20.4. The smallest absolute Gasteiger partial charge is 0.343 e. The molecule has 0 atom stereocenters. The van der Waals surface area contributed by atoms with Crippen molar-refractivity contribution in [1.82, 2.24) is 0 Å². The third kappa shape index (κ3) is 10.4. The minimum atomic E-state index is -0.589. The van der Waals surface area contributed by atoms with Gasteiger partial charge >= 0.3 is 17.9 Å². The maximum atomic E-state index is 12.7. The van der Waals surface area contributed by atoms with Crippen LogP contribution < -0.4 is 18.9 Å². The predicted molar refractivity (Wildman–Crippen MR) is 160 cm³/mol. The number of unbranched alkanes of at least 4 members (excludes halogenated alkanes) is 4. The van der Waals surface area contributed by atoms with Gasteiger partial charge in [0.15, 0.2) is 11.5 Å². The molecule has 42 heavy (non-hydrogen) atoms. The van der Waals surface area contributed by atoms with E-state index in [0.29, 0.717) is 43.1 Å². The van der Waals surface area contributed by atoms with Gasteiger partial charge in [0.1, 0.15) is 11.5 Å². The lowest BCUT2D eigenvalue weighted by atomic mass is 10.1. The van der Waals surface area contributed by atoms with Crippen LogP contribution in [-0.4, -0.2) is 38.2 Å². The number of hydrogen-bond acceptors (Lipinski definition) is 8. The van der Waals surface area contributed by atoms with E-state index in [2.05, 4.69) is 13.5 Å². The lowest BCUT2D eigenvalue weighted by Gasteiger charge is -2.12.